The van der Waals surface area contributed by atoms with Crippen molar-refractivity contribution in [3.63, 3.8) is 0 Å². The molecule has 18 heavy (non-hydrogen) atoms. The van der Waals surface area contributed by atoms with Crippen LogP contribution in [0, 0.1) is 0 Å². The van der Waals surface area contributed by atoms with Gasteiger partial charge in [0.1, 0.15) is 11.8 Å². The van der Waals surface area contributed by atoms with E-state index in [1.54, 1.807) is 25.3 Å². The van der Waals surface area contributed by atoms with Crippen LogP contribution >= 0.6 is 0 Å². The Bertz CT molecular complexity index is 524. The molecule has 0 aromatic carbocycles. The Kier molecular flexibility index (Phi) is 3.64. The molecule has 0 aliphatic rings. The molecule has 0 unspecified atom stereocenters. The largest absolute Gasteiger partial charge is 0.424 e. The second-order valence-corrected chi connectivity index (χ2v) is 3.80. The van der Waals surface area contributed by atoms with Crippen molar-refractivity contribution in [1.82, 2.24) is 9.97 Å². The molecular formula is C13H13N3O2. The van der Waals surface area contributed by atoms with Crippen LogP contribution in [-0.4, -0.2) is 22.0 Å². The Morgan fingerprint density at radius 1 is 1.22 bits per heavy atom. The van der Waals surface area contributed by atoms with Crippen LogP contribution < -0.4 is 10.5 Å². The highest BCUT2D eigenvalue weighted by molar-refractivity contribution is 5.77. The van der Waals surface area contributed by atoms with Crippen molar-refractivity contribution < 1.29 is 9.53 Å². The molecule has 0 saturated carbocycles. The zero-order chi connectivity index (χ0) is 13.0. The molecule has 5 nitrogen and oxygen atoms in total. The molecule has 1 atom stereocenters. The molecular weight excluding hydrogens is 230 g/mol. The first-order valence-corrected chi connectivity index (χ1v) is 5.51. The molecule has 0 spiro atoms. The lowest BCUT2D eigenvalue weighted by Gasteiger charge is -2.06. The maximum Gasteiger partial charge on any atom is 0.328 e. The Morgan fingerprint density at radius 3 is 2.56 bits per heavy atom. The number of pyridine rings is 2. The second-order valence-electron chi connectivity index (χ2n) is 3.80. The van der Waals surface area contributed by atoms with Crippen molar-refractivity contribution in [2.24, 2.45) is 5.73 Å². The van der Waals surface area contributed by atoms with E-state index in [4.69, 9.17) is 10.5 Å². The van der Waals surface area contributed by atoms with E-state index in [1.807, 2.05) is 18.2 Å². The normalized spacial score (nSPS) is 11.9. The maximum atomic E-state index is 11.3. The fourth-order valence-corrected chi connectivity index (χ4v) is 1.32. The van der Waals surface area contributed by atoms with Crippen molar-refractivity contribution >= 4 is 5.97 Å². The van der Waals surface area contributed by atoms with Gasteiger partial charge in [-0.1, -0.05) is 6.07 Å². The molecule has 2 heterocycles. The Labute approximate surface area is 105 Å². The third kappa shape index (κ3) is 2.89. The van der Waals surface area contributed by atoms with Gasteiger partial charge in [-0.3, -0.25) is 9.97 Å². The number of carbonyl (C=O) groups excluding carboxylic acids is 1. The SMILES string of the molecule is C[C@H](N)C(=O)Oc1ccc(-c2ccccn2)nc1. The Balaban J connectivity index is 2.13. The van der Waals surface area contributed by atoms with E-state index in [0.29, 0.717) is 5.75 Å². The van der Waals surface area contributed by atoms with E-state index in [2.05, 4.69) is 9.97 Å². The summed E-state index contributed by atoms with van der Waals surface area (Å²) < 4.78 is 5.02. The van der Waals surface area contributed by atoms with E-state index >= 15 is 0 Å². The highest BCUT2D eigenvalue weighted by Crippen LogP contribution is 2.17. The average molecular weight is 243 g/mol. The second kappa shape index (κ2) is 5.37. The molecule has 5 heteroatoms. The number of hydrogen-bond acceptors (Lipinski definition) is 5. The van der Waals surface area contributed by atoms with Crippen LogP contribution in [0.3, 0.4) is 0 Å². The van der Waals surface area contributed by atoms with E-state index in [1.165, 1.54) is 6.20 Å². The minimum absolute atomic E-state index is 0.372. The van der Waals surface area contributed by atoms with E-state index in [0.717, 1.165) is 11.4 Å². The van der Waals surface area contributed by atoms with Gasteiger partial charge < -0.3 is 10.5 Å². The number of ether oxygens (including phenoxy) is 1. The third-order valence-corrected chi connectivity index (χ3v) is 2.25. The van der Waals surface area contributed by atoms with Crippen LogP contribution in [0.4, 0.5) is 0 Å². The summed E-state index contributed by atoms with van der Waals surface area (Å²) >= 11 is 0. The molecule has 0 fully saturated rings. The number of esters is 1. The molecule has 2 N–H and O–H groups in total. The van der Waals surface area contributed by atoms with Gasteiger partial charge in [0.25, 0.3) is 0 Å². The molecule has 0 saturated heterocycles. The average Bonchev–Trinajstić information content (AvgIpc) is 2.40. The van der Waals surface area contributed by atoms with Gasteiger partial charge >= 0.3 is 5.97 Å². The predicted octanol–water partition coefficient (Wildman–Crippen LogP) is 1.40. The lowest BCUT2D eigenvalue weighted by atomic mass is 10.2. The molecule has 2 aromatic heterocycles. The smallest absolute Gasteiger partial charge is 0.328 e. The zero-order valence-electron chi connectivity index (χ0n) is 9.91. The van der Waals surface area contributed by atoms with E-state index in [-0.39, 0.29) is 0 Å². The van der Waals surface area contributed by atoms with Crippen molar-refractivity contribution in [2.45, 2.75) is 13.0 Å². The molecule has 0 radical (unpaired) electrons. The van der Waals surface area contributed by atoms with Crippen LogP contribution in [0.25, 0.3) is 11.4 Å². The van der Waals surface area contributed by atoms with Crippen molar-refractivity contribution in [3.8, 4) is 17.1 Å². The summed E-state index contributed by atoms with van der Waals surface area (Å²) in [4.78, 5) is 19.6. The lowest BCUT2D eigenvalue weighted by molar-refractivity contribution is -0.135. The summed E-state index contributed by atoms with van der Waals surface area (Å²) in [5.74, 6) is -0.112. The first kappa shape index (κ1) is 12.2. The molecule has 92 valence electrons. The van der Waals surface area contributed by atoms with E-state index in [9.17, 15) is 4.79 Å². The summed E-state index contributed by atoms with van der Waals surface area (Å²) in [6.07, 6.45) is 3.17. The summed E-state index contributed by atoms with van der Waals surface area (Å²) in [6, 6.07) is 8.33. The van der Waals surface area contributed by atoms with Crippen LogP contribution in [0.5, 0.6) is 5.75 Å². The fourth-order valence-electron chi connectivity index (χ4n) is 1.32. The Hall–Kier alpha value is -2.27. The topological polar surface area (TPSA) is 78.1 Å². The number of nitrogens with two attached hydrogens (primary N) is 1. The van der Waals surface area contributed by atoms with Crippen molar-refractivity contribution in [3.05, 3.63) is 42.7 Å². The highest BCUT2D eigenvalue weighted by atomic mass is 16.5. The van der Waals surface area contributed by atoms with Gasteiger partial charge in [-0.15, -0.1) is 0 Å². The van der Waals surface area contributed by atoms with Gasteiger partial charge in [-0.2, -0.15) is 0 Å². The molecule has 2 aromatic rings. The van der Waals surface area contributed by atoms with Crippen LogP contribution in [0.15, 0.2) is 42.7 Å². The van der Waals surface area contributed by atoms with E-state index < -0.39 is 12.0 Å². The minimum atomic E-state index is -0.652. The number of carbonyl (C=O) groups is 1. The van der Waals surface area contributed by atoms with Crippen LogP contribution in [0.2, 0.25) is 0 Å². The number of aromatic nitrogens is 2. The predicted molar refractivity (Wildman–Crippen MR) is 66.8 cm³/mol. The quantitative estimate of drug-likeness (QED) is 0.824. The van der Waals surface area contributed by atoms with Gasteiger partial charge in [0, 0.05) is 6.20 Å². The third-order valence-electron chi connectivity index (χ3n) is 2.25. The lowest BCUT2D eigenvalue weighted by Crippen LogP contribution is -2.30. The van der Waals surface area contributed by atoms with Crippen LogP contribution in [0.1, 0.15) is 6.92 Å². The van der Waals surface area contributed by atoms with Gasteiger partial charge in [-0.25, -0.2) is 4.79 Å². The van der Waals surface area contributed by atoms with Crippen molar-refractivity contribution in [1.29, 1.82) is 0 Å². The number of hydrogen-bond donors (Lipinski definition) is 1. The van der Waals surface area contributed by atoms with Crippen molar-refractivity contribution in [2.75, 3.05) is 0 Å². The fraction of sp³-hybridized carbons (Fsp3) is 0.154. The Morgan fingerprint density at radius 2 is 2.00 bits per heavy atom. The van der Waals surface area contributed by atoms with Crippen LogP contribution in [-0.2, 0) is 4.79 Å². The molecule has 0 aliphatic heterocycles. The first-order chi connectivity index (χ1) is 8.66. The summed E-state index contributed by atoms with van der Waals surface area (Å²) in [6.45, 7) is 1.57. The minimum Gasteiger partial charge on any atom is -0.424 e. The number of nitrogens with zero attached hydrogens (tertiary/aromatic N) is 2. The molecule has 2 rings (SSSR count). The molecule has 0 bridgehead atoms. The van der Waals surface area contributed by atoms with Gasteiger partial charge in [0.15, 0.2) is 0 Å². The van der Waals surface area contributed by atoms with Gasteiger partial charge in [0.05, 0.1) is 17.6 Å². The first-order valence-electron chi connectivity index (χ1n) is 5.51. The number of rotatable bonds is 3. The summed E-state index contributed by atoms with van der Waals surface area (Å²) in [5.41, 5.74) is 6.88. The zero-order valence-corrected chi connectivity index (χ0v) is 9.91. The van der Waals surface area contributed by atoms with Gasteiger partial charge in [-0.05, 0) is 31.2 Å². The molecule has 0 aliphatic carbocycles. The molecule has 0 amide bonds. The summed E-state index contributed by atoms with van der Waals surface area (Å²) in [7, 11) is 0. The monoisotopic (exact) mass is 243 g/mol. The van der Waals surface area contributed by atoms with Gasteiger partial charge in [0.2, 0.25) is 0 Å². The standard InChI is InChI=1S/C13H13N3O2/c1-9(14)13(17)18-10-5-6-12(16-8-10)11-4-2-3-7-15-11/h2-9H,14H2,1H3/t9-/m0/s1. The maximum absolute atomic E-state index is 11.3. The highest BCUT2D eigenvalue weighted by Gasteiger charge is 2.10. The summed E-state index contributed by atoms with van der Waals surface area (Å²) in [5, 5.41) is 0.